The van der Waals surface area contributed by atoms with Crippen molar-refractivity contribution in [3.8, 4) is 0 Å². The Kier molecular flexibility index (Phi) is 3.74. The Morgan fingerprint density at radius 1 is 1.24 bits per heavy atom. The SMILES string of the molecule is NC1CCCCC1C(=O)Nc1ccc(F)cc1. The number of halogens is 1. The molecule has 92 valence electrons. The van der Waals surface area contributed by atoms with E-state index in [9.17, 15) is 9.18 Å². The second kappa shape index (κ2) is 5.27. The van der Waals surface area contributed by atoms with Crippen LogP contribution in [-0.2, 0) is 4.79 Å². The van der Waals surface area contributed by atoms with Crippen molar-refractivity contribution in [1.82, 2.24) is 0 Å². The lowest BCUT2D eigenvalue weighted by molar-refractivity contribution is -0.121. The van der Waals surface area contributed by atoms with Crippen LogP contribution in [0.4, 0.5) is 10.1 Å². The normalized spacial score (nSPS) is 24.4. The molecule has 1 aliphatic carbocycles. The van der Waals surface area contributed by atoms with Crippen LogP contribution in [-0.4, -0.2) is 11.9 Å². The summed E-state index contributed by atoms with van der Waals surface area (Å²) in [6, 6.07) is 5.72. The third kappa shape index (κ3) is 3.03. The van der Waals surface area contributed by atoms with Gasteiger partial charge in [-0.25, -0.2) is 4.39 Å². The van der Waals surface area contributed by atoms with Crippen molar-refractivity contribution in [3.05, 3.63) is 30.1 Å². The van der Waals surface area contributed by atoms with Gasteiger partial charge in [-0.15, -0.1) is 0 Å². The van der Waals surface area contributed by atoms with Crippen molar-refractivity contribution in [2.24, 2.45) is 11.7 Å². The molecule has 1 amide bonds. The van der Waals surface area contributed by atoms with Gasteiger partial charge in [-0.3, -0.25) is 4.79 Å². The van der Waals surface area contributed by atoms with E-state index in [-0.39, 0.29) is 23.7 Å². The molecule has 1 aliphatic rings. The van der Waals surface area contributed by atoms with Crippen molar-refractivity contribution >= 4 is 11.6 Å². The summed E-state index contributed by atoms with van der Waals surface area (Å²) >= 11 is 0. The number of benzene rings is 1. The first-order valence-electron chi connectivity index (χ1n) is 5.99. The van der Waals surface area contributed by atoms with Gasteiger partial charge in [0, 0.05) is 11.7 Å². The number of carbonyl (C=O) groups is 1. The molecule has 0 radical (unpaired) electrons. The monoisotopic (exact) mass is 236 g/mol. The van der Waals surface area contributed by atoms with Gasteiger partial charge in [0.15, 0.2) is 0 Å². The van der Waals surface area contributed by atoms with Gasteiger partial charge < -0.3 is 11.1 Å². The Balaban J connectivity index is 1.98. The number of hydrogen-bond donors (Lipinski definition) is 2. The smallest absolute Gasteiger partial charge is 0.229 e. The number of nitrogens with two attached hydrogens (primary N) is 1. The fourth-order valence-electron chi connectivity index (χ4n) is 2.25. The molecule has 2 rings (SSSR count). The Bertz CT molecular complexity index is 391. The van der Waals surface area contributed by atoms with Crippen LogP contribution in [0.1, 0.15) is 25.7 Å². The van der Waals surface area contributed by atoms with Crippen LogP contribution in [0, 0.1) is 11.7 Å². The number of carbonyl (C=O) groups excluding carboxylic acids is 1. The molecule has 4 heteroatoms. The second-order valence-electron chi connectivity index (χ2n) is 4.55. The third-order valence-corrected chi connectivity index (χ3v) is 3.27. The van der Waals surface area contributed by atoms with Gasteiger partial charge in [0.05, 0.1) is 5.92 Å². The molecule has 0 spiro atoms. The van der Waals surface area contributed by atoms with Gasteiger partial charge in [0.1, 0.15) is 5.82 Å². The summed E-state index contributed by atoms with van der Waals surface area (Å²) in [5, 5.41) is 2.78. The maximum atomic E-state index is 12.7. The molecule has 1 aromatic carbocycles. The molecule has 0 heterocycles. The standard InChI is InChI=1S/C13H17FN2O/c14-9-5-7-10(8-6-9)16-13(17)11-3-1-2-4-12(11)15/h5-8,11-12H,1-4,15H2,(H,16,17). The molecular formula is C13H17FN2O. The lowest BCUT2D eigenvalue weighted by Gasteiger charge is -2.27. The summed E-state index contributed by atoms with van der Waals surface area (Å²) < 4.78 is 12.7. The molecule has 0 bridgehead atoms. The van der Waals surface area contributed by atoms with E-state index in [0.29, 0.717) is 5.69 Å². The molecule has 1 fully saturated rings. The Labute approximate surface area is 100 Å². The van der Waals surface area contributed by atoms with Crippen LogP contribution in [0.5, 0.6) is 0 Å². The summed E-state index contributed by atoms with van der Waals surface area (Å²) in [6.45, 7) is 0. The average molecular weight is 236 g/mol. The fraction of sp³-hybridized carbons (Fsp3) is 0.462. The van der Waals surface area contributed by atoms with E-state index >= 15 is 0 Å². The quantitative estimate of drug-likeness (QED) is 0.827. The van der Waals surface area contributed by atoms with Crippen LogP contribution < -0.4 is 11.1 Å². The topological polar surface area (TPSA) is 55.1 Å². The molecule has 1 aromatic rings. The van der Waals surface area contributed by atoms with Crippen molar-refractivity contribution < 1.29 is 9.18 Å². The average Bonchev–Trinajstić information content (AvgIpc) is 2.32. The predicted octanol–water partition coefficient (Wildman–Crippen LogP) is 2.28. The van der Waals surface area contributed by atoms with E-state index in [1.807, 2.05) is 0 Å². The van der Waals surface area contributed by atoms with E-state index in [0.717, 1.165) is 25.7 Å². The molecular weight excluding hydrogens is 219 g/mol. The Morgan fingerprint density at radius 2 is 1.88 bits per heavy atom. The number of rotatable bonds is 2. The van der Waals surface area contributed by atoms with Gasteiger partial charge in [0.25, 0.3) is 0 Å². The minimum absolute atomic E-state index is 0.0517. The molecule has 3 nitrogen and oxygen atoms in total. The van der Waals surface area contributed by atoms with E-state index in [4.69, 9.17) is 5.73 Å². The van der Waals surface area contributed by atoms with E-state index in [1.165, 1.54) is 12.1 Å². The fourth-order valence-corrected chi connectivity index (χ4v) is 2.25. The van der Waals surface area contributed by atoms with Crippen LogP contribution in [0.25, 0.3) is 0 Å². The van der Waals surface area contributed by atoms with Gasteiger partial charge >= 0.3 is 0 Å². The van der Waals surface area contributed by atoms with Crippen molar-refractivity contribution in [1.29, 1.82) is 0 Å². The minimum Gasteiger partial charge on any atom is -0.327 e. The summed E-state index contributed by atoms with van der Waals surface area (Å²) in [7, 11) is 0. The summed E-state index contributed by atoms with van der Waals surface area (Å²) in [6.07, 6.45) is 3.90. The number of amides is 1. The summed E-state index contributed by atoms with van der Waals surface area (Å²) in [4.78, 5) is 12.0. The third-order valence-electron chi connectivity index (χ3n) is 3.27. The van der Waals surface area contributed by atoms with Crippen LogP contribution >= 0.6 is 0 Å². The molecule has 1 saturated carbocycles. The first-order valence-corrected chi connectivity index (χ1v) is 5.99. The maximum Gasteiger partial charge on any atom is 0.229 e. The van der Waals surface area contributed by atoms with Crippen LogP contribution in [0.2, 0.25) is 0 Å². The van der Waals surface area contributed by atoms with Crippen LogP contribution in [0.3, 0.4) is 0 Å². The van der Waals surface area contributed by atoms with Crippen molar-refractivity contribution in [3.63, 3.8) is 0 Å². The van der Waals surface area contributed by atoms with Gasteiger partial charge in [-0.05, 0) is 37.1 Å². The number of nitrogens with one attached hydrogen (secondary N) is 1. The van der Waals surface area contributed by atoms with E-state index in [1.54, 1.807) is 12.1 Å². The minimum atomic E-state index is -0.308. The summed E-state index contributed by atoms with van der Waals surface area (Å²) in [5.74, 6) is -0.477. The Hall–Kier alpha value is -1.42. The highest BCUT2D eigenvalue weighted by Gasteiger charge is 2.28. The largest absolute Gasteiger partial charge is 0.327 e. The van der Waals surface area contributed by atoms with E-state index < -0.39 is 0 Å². The molecule has 3 N–H and O–H groups in total. The van der Waals surface area contributed by atoms with Gasteiger partial charge in [-0.1, -0.05) is 12.8 Å². The van der Waals surface area contributed by atoms with E-state index in [2.05, 4.69) is 5.32 Å². The predicted molar refractivity (Wildman–Crippen MR) is 65.0 cm³/mol. The number of anilines is 1. The van der Waals surface area contributed by atoms with Gasteiger partial charge in [0.2, 0.25) is 5.91 Å². The van der Waals surface area contributed by atoms with Crippen molar-refractivity contribution in [2.75, 3.05) is 5.32 Å². The molecule has 2 atom stereocenters. The molecule has 17 heavy (non-hydrogen) atoms. The lowest BCUT2D eigenvalue weighted by atomic mass is 9.84. The highest BCUT2D eigenvalue weighted by Crippen LogP contribution is 2.24. The van der Waals surface area contributed by atoms with Crippen LogP contribution in [0.15, 0.2) is 24.3 Å². The highest BCUT2D eigenvalue weighted by molar-refractivity contribution is 5.93. The zero-order valence-electron chi connectivity index (χ0n) is 9.66. The molecule has 0 aromatic heterocycles. The highest BCUT2D eigenvalue weighted by atomic mass is 19.1. The zero-order valence-corrected chi connectivity index (χ0v) is 9.66. The number of hydrogen-bond acceptors (Lipinski definition) is 2. The summed E-state index contributed by atoms with van der Waals surface area (Å²) in [5.41, 5.74) is 6.56. The van der Waals surface area contributed by atoms with Crippen molar-refractivity contribution in [2.45, 2.75) is 31.7 Å². The maximum absolute atomic E-state index is 12.7. The molecule has 0 aliphatic heterocycles. The Morgan fingerprint density at radius 3 is 2.53 bits per heavy atom. The first-order chi connectivity index (χ1) is 8.16. The second-order valence-corrected chi connectivity index (χ2v) is 4.55. The lowest BCUT2D eigenvalue weighted by Crippen LogP contribution is -2.40. The van der Waals surface area contributed by atoms with Gasteiger partial charge in [-0.2, -0.15) is 0 Å². The first kappa shape index (κ1) is 12.0. The zero-order chi connectivity index (χ0) is 12.3. The molecule has 0 saturated heterocycles. The molecule has 2 unspecified atom stereocenters.